The molecular weight excluding hydrogens is 412 g/mol. The van der Waals surface area contributed by atoms with Gasteiger partial charge in [0.05, 0.1) is 7.11 Å². The molecule has 4 aromatic rings. The third kappa shape index (κ3) is 4.33. The fraction of sp³-hybridized carbons (Fsp3) is 0.296. The minimum Gasteiger partial charge on any atom is -0.497 e. The summed E-state index contributed by atoms with van der Waals surface area (Å²) in [5, 5.41) is 0. The van der Waals surface area contributed by atoms with Crippen LogP contribution in [0.4, 0.5) is 0 Å². The summed E-state index contributed by atoms with van der Waals surface area (Å²) < 4.78 is 7.19. The molecule has 1 aliphatic heterocycles. The minimum absolute atomic E-state index is 0.0101. The van der Waals surface area contributed by atoms with Gasteiger partial charge in [0, 0.05) is 42.8 Å². The quantitative estimate of drug-likeness (QED) is 0.446. The minimum atomic E-state index is -0.0101. The average Bonchev–Trinajstić information content (AvgIpc) is 3.26. The Kier molecular flexibility index (Phi) is 5.58. The van der Waals surface area contributed by atoms with E-state index in [9.17, 15) is 4.79 Å². The lowest BCUT2D eigenvalue weighted by Gasteiger charge is -2.32. The van der Waals surface area contributed by atoms with E-state index in [0.717, 1.165) is 58.9 Å². The largest absolute Gasteiger partial charge is 0.497 e. The molecule has 1 atom stereocenters. The molecule has 1 amide bonds. The first-order valence-corrected chi connectivity index (χ1v) is 11.4. The van der Waals surface area contributed by atoms with Crippen molar-refractivity contribution in [3.8, 4) is 16.9 Å². The number of amides is 1. The van der Waals surface area contributed by atoms with E-state index < -0.39 is 0 Å². The molecule has 1 aliphatic rings. The van der Waals surface area contributed by atoms with Gasteiger partial charge in [-0.15, -0.1) is 0 Å². The fourth-order valence-electron chi connectivity index (χ4n) is 4.61. The van der Waals surface area contributed by atoms with Crippen LogP contribution >= 0.6 is 0 Å². The number of hydrogen-bond acceptors (Lipinski definition) is 4. The molecule has 6 nitrogen and oxygen atoms in total. The SMILES string of the molecule is COc1ccc(-c2cc(C)nc([C@@H]3CCCN(C(=O)c4cn5ccc(C)cc5n4)C3)c2)cc1. The van der Waals surface area contributed by atoms with Gasteiger partial charge in [-0.05, 0) is 79.8 Å². The molecule has 1 fully saturated rings. The molecular formula is C27H28N4O2. The molecule has 0 N–H and O–H groups in total. The smallest absolute Gasteiger partial charge is 0.274 e. The van der Waals surface area contributed by atoms with E-state index in [0.29, 0.717) is 12.2 Å². The van der Waals surface area contributed by atoms with Crippen LogP contribution in [0.3, 0.4) is 0 Å². The van der Waals surface area contributed by atoms with E-state index in [-0.39, 0.29) is 11.8 Å². The molecule has 0 saturated carbocycles. The Bertz CT molecular complexity index is 1310. The summed E-state index contributed by atoms with van der Waals surface area (Å²) in [4.78, 5) is 24.6. The molecule has 0 aliphatic carbocycles. The standard InChI is InChI=1S/C27H28N4O2/c1-18-10-12-30-17-25(29-26(30)13-18)27(32)31-11-4-5-21(16-31)24-15-22(14-19(2)28-24)20-6-8-23(33-3)9-7-20/h6-10,12-15,17,21H,4-5,11,16H2,1-3H3/t21-/m1/s1. The van der Waals surface area contributed by atoms with Gasteiger partial charge in [-0.3, -0.25) is 9.78 Å². The molecule has 0 radical (unpaired) electrons. The zero-order chi connectivity index (χ0) is 22.9. The number of ether oxygens (including phenoxy) is 1. The van der Waals surface area contributed by atoms with Crippen molar-refractivity contribution >= 4 is 11.6 Å². The van der Waals surface area contributed by atoms with E-state index >= 15 is 0 Å². The maximum Gasteiger partial charge on any atom is 0.274 e. The van der Waals surface area contributed by atoms with Gasteiger partial charge in [0.2, 0.25) is 0 Å². The molecule has 1 aromatic carbocycles. The van der Waals surface area contributed by atoms with Gasteiger partial charge >= 0.3 is 0 Å². The van der Waals surface area contributed by atoms with E-state index in [1.807, 2.05) is 59.8 Å². The Labute approximate surface area is 193 Å². The third-order valence-electron chi connectivity index (χ3n) is 6.36. The number of methoxy groups -OCH3 is 1. The molecule has 4 heterocycles. The van der Waals surface area contributed by atoms with Gasteiger partial charge in [0.25, 0.3) is 5.91 Å². The van der Waals surface area contributed by atoms with Crippen molar-refractivity contribution in [1.29, 1.82) is 0 Å². The lowest BCUT2D eigenvalue weighted by Crippen LogP contribution is -2.39. The number of benzene rings is 1. The maximum atomic E-state index is 13.3. The number of pyridine rings is 2. The van der Waals surface area contributed by atoms with Crippen molar-refractivity contribution in [3.05, 3.63) is 83.6 Å². The summed E-state index contributed by atoms with van der Waals surface area (Å²) in [5.41, 5.74) is 6.73. The number of nitrogens with zero attached hydrogens (tertiary/aromatic N) is 4. The Balaban J connectivity index is 1.38. The Morgan fingerprint density at radius 1 is 1.03 bits per heavy atom. The number of carbonyl (C=O) groups is 1. The zero-order valence-corrected chi connectivity index (χ0v) is 19.3. The van der Waals surface area contributed by atoms with E-state index in [4.69, 9.17) is 9.72 Å². The number of imidazole rings is 1. The highest BCUT2D eigenvalue weighted by atomic mass is 16.5. The summed E-state index contributed by atoms with van der Waals surface area (Å²) in [6.45, 7) is 5.46. The van der Waals surface area contributed by atoms with Crippen LogP contribution in [0.1, 0.15) is 46.2 Å². The first kappa shape index (κ1) is 21.2. The monoisotopic (exact) mass is 440 g/mol. The van der Waals surface area contributed by atoms with Crippen LogP contribution in [0, 0.1) is 13.8 Å². The number of piperidine rings is 1. The number of rotatable bonds is 4. The number of carbonyl (C=O) groups excluding carboxylic acids is 1. The van der Waals surface area contributed by atoms with Gasteiger partial charge in [-0.1, -0.05) is 12.1 Å². The predicted octanol–water partition coefficient (Wildman–Crippen LogP) is 5.04. The van der Waals surface area contributed by atoms with Gasteiger partial charge in [0.1, 0.15) is 17.1 Å². The molecule has 0 spiro atoms. The number of aromatic nitrogens is 3. The van der Waals surface area contributed by atoms with E-state index in [1.54, 1.807) is 7.11 Å². The van der Waals surface area contributed by atoms with Crippen LogP contribution in [0.25, 0.3) is 16.8 Å². The second-order valence-corrected chi connectivity index (χ2v) is 8.84. The van der Waals surface area contributed by atoms with Crippen molar-refractivity contribution in [1.82, 2.24) is 19.3 Å². The zero-order valence-electron chi connectivity index (χ0n) is 19.3. The highest BCUT2D eigenvalue weighted by Crippen LogP contribution is 2.31. The molecule has 0 unspecified atom stereocenters. The van der Waals surface area contributed by atoms with Crippen LogP contribution in [0.5, 0.6) is 5.75 Å². The molecule has 3 aromatic heterocycles. The number of hydrogen-bond donors (Lipinski definition) is 0. The van der Waals surface area contributed by atoms with Gasteiger partial charge < -0.3 is 14.0 Å². The van der Waals surface area contributed by atoms with E-state index in [1.165, 1.54) is 0 Å². The summed E-state index contributed by atoms with van der Waals surface area (Å²) in [6, 6.07) is 16.4. The third-order valence-corrected chi connectivity index (χ3v) is 6.36. The average molecular weight is 441 g/mol. The first-order chi connectivity index (χ1) is 16.0. The fourth-order valence-corrected chi connectivity index (χ4v) is 4.61. The molecule has 0 bridgehead atoms. The van der Waals surface area contributed by atoms with Crippen molar-refractivity contribution in [3.63, 3.8) is 0 Å². The van der Waals surface area contributed by atoms with Crippen LogP contribution in [0.2, 0.25) is 0 Å². The van der Waals surface area contributed by atoms with Crippen LogP contribution < -0.4 is 4.74 Å². The van der Waals surface area contributed by atoms with Gasteiger partial charge in [-0.2, -0.15) is 0 Å². The highest BCUT2D eigenvalue weighted by Gasteiger charge is 2.28. The van der Waals surface area contributed by atoms with Gasteiger partial charge in [-0.25, -0.2) is 4.98 Å². The normalized spacial score (nSPS) is 16.2. The van der Waals surface area contributed by atoms with Crippen molar-refractivity contribution in [2.24, 2.45) is 0 Å². The Morgan fingerprint density at radius 3 is 2.64 bits per heavy atom. The van der Waals surface area contributed by atoms with Crippen LogP contribution in [-0.4, -0.2) is 45.4 Å². The van der Waals surface area contributed by atoms with Crippen molar-refractivity contribution in [2.45, 2.75) is 32.6 Å². The summed E-state index contributed by atoms with van der Waals surface area (Å²) in [7, 11) is 1.67. The summed E-state index contributed by atoms with van der Waals surface area (Å²) >= 11 is 0. The van der Waals surface area contributed by atoms with Crippen molar-refractivity contribution in [2.75, 3.05) is 20.2 Å². The Hall–Kier alpha value is -3.67. The second kappa shape index (κ2) is 8.70. The Morgan fingerprint density at radius 2 is 1.85 bits per heavy atom. The number of likely N-dealkylation sites (tertiary alicyclic amines) is 1. The van der Waals surface area contributed by atoms with Gasteiger partial charge in [0.15, 0.2) is 0 Å². The molecule has 6 heteroatoms. The molecule has 1 saturated heterocycles. The second-order valence-electron chi connectivity index (χ2n) is 8.84. The molecule has 168 valence electrons. The highest BCUT2D eigenvalue weighted by molar-refractivity contribution is 5.93. The molecule has 33 heavy (non-hydrogen) atoms. The predicted molar refractivity (Wildman–Crippen MR) is 129 cm³/mol. The molecule has 5 rings (SSSR count). The number of aryl methyl sites for hydroxylation is 2. The van der Waals surface area contributed by atoms with E-state index in [2.05, 4.69) is 29.2 Å². The lowest BCUT2D eigenvalue weighted by atomic mass is 9.92. The summed E-state index contributed by atoms with van der Waals surface area (Å²) in [6.07, 6.45) is 5.75. The topological polar surface area (TPSA) is 59.7 Å². The number of fused-ring (bicyclic) bond motifs is 1. The summed E-state index contributed by atoms with van der Waals surface area (Å²) in [5.74, 6) is 1.04. The van der Waals surface area contributed by atoms with Crippen LogP contribution in [-0.2, 0) is 0 Å². The lowest BCUT2D eigenvalue weighted by molar-refractivity contribution is 0.0700. The first-order valence-electron chi connectivity index (χ1n) is 11.4. The van der Waals surface area contributed by atoms with Crippen molar-refractivity contribution < 1.29 is 9.53 Å². The maximum absolute atomic E-state index is 13.3. The van der Waals surface area contributed by atoms with Crippen LogP contribution in [0.15, 0.2) is 60.9 Å².